The Morgan fingerprint density at radius 1 is 1.26 bits per heavy atom. The normalized spacial score (nSPS) is 16.5. The average Bonchev–Trinajstić information content (AvgIpc) is 2.39. The van der Waals surface area contributed by atoms with Gasteiger partial charge in [-0.2, -0.15) is 0 Å². The Bertz CT molecular complexity index is 534. The fraction of sp³-hybridized carbons (Fsp3) is 0.357. The standard InChI is InChI=1S/C14H13ClO4/c1-19-8-5-6-10(15)9(7-8)14(18)13-11(16)3-2-4-12(13)17/h5-7,13H,2-4H2,1H3. The second-order valence-electron chi connectivity index (χ2n) is 4.43. The molecule has 0 radical (unpaired) electrons. The number of benzene rings is 1. The first kappa shape index (κ1) is 13.7. The topological polar surface area (TPSA) is 60.4 Å². The molecule has 2 rings (SSSR count). The number of hydrogen-bond acceptors (Lipinski definition) is 4. The molecule has 0 spiro atoms. The van der Waals surface area contributed by atoms with E-state index in [2.05, 4.69) is 0 Å². The Morgan fingerprint density at radius 3 is 2.47 bits per heavy atom. The van der Waals surface area contributed by atoms with Gasteiger partial charge in [0.1, 0.15) is 11.7 Å². The summed E-state index contributed by atoms with van der Waals surface area (Å²) in [7, 11) is 1.47. The van der Waals surface area contributed by atoms with Crippen LogP contribution in [0.3, 0.4) is 0 Å². The maximum absolute atomic E-state index is 12.3. The zero-order valence-corrected chi connectivity index (χ0v) is 11.2. The molecule has 0 unspecified atom stereocenters. The van der Waals surface area contributed by atoms with Gasteiger partial charge < -0.3 is 4.74 Å². The van der Waals surface area contributed by atoms with E-state index >= 15 is 0 Å². The summed E-state index contributed by atoms with van der Waals surface area (Å²) >= 11 is 5.96. The summed E-state index contributed by atoms with van der Waals surface area (Å²) in [6, 6.07) is 4.59. The minimum atomic E-state index is -1.20. The number of carbonyl (C=O) groups excluding carboxylic acids is 3. The summed E-state index contributed by atoms with van der Waals surface area (Å²) in [5.74, 6) is -1.90. The third-order valence-electron chi connectivity index (χ3n) is 3.19. The molecule has 0 aliphatic heterocycles. The molecule has 5 heteroatoms. The molecule has 0 heterocycles. The Hall–Kier alpha value is -1.68. The van der Waals surface area contributed by atoms with Crippen LogP contribution < -0.4 is 4.74 Å². The molecule has 1 aliphatic carbocycles. The quantitative estimate of drug-likeness (QED) is 0.630. The van der Waals surface area contributed by atoms with Crippen molar-refractivity contribution in [3.05, 3.63) is 28.8 Å². The van der Waals surface area contributed by atoms with E-state index < -0.39 is 11.7 Å². The van der Waals surface area contributed by atoms with Gasteiger partial charge in [-0.1, -0.05) is 11.6 Å². The van der Waals surface area contributed by atoms with Crippen LogP contribution in [0.5, 0.6) is 5.75 Å². The lowest BCUT2D eigenvalue weighted by Gasteiger charge is -2.18. The first-order valence-electron chi connectivity index (χ1n) is 5.97. The Kier molecular flexibility index (Phi) is 4.00. The number of carbonyl (C=O) groups is 3. The van der Waals surface area contributed by atoms with Crippen molar-refractivity contribution in [1.82, 2.24) is 0 Å². The van der Waals surface area contributed by atoms with Gasteiger partial charge in [0.25, 0.3) is 0 Å². The lowest BCUT2D eigenvalue weighted by atomic mass is 9.81. The van der Waals surface area contributed by atoms with Crippen LogP contribution in [0.1, 0.15) is 29.6 Å². The summed E-state index contributed by atoms with van der Waals surface area (Å²) in [4.78, 5) is 35.9. The van der Waals surface area contributed by atoms with E-state index in [0.717, 1.165) is 0 Å². The number of halogens is 1. The monoisotopic (exact) mass is 280 g/mol. The van der Waals surface area contributed by atoms with Crippen LogP contribution in [-0.2, 0) is 9.59 Å². The van der Waals surface area contributed by atoms with Crippen LogP contribution in [0.4, 0.5) is 0 Å². The van der Waals surface area contributed by atoms with Gasteiger partial charge in [-0.05, 0) is 24.6 Å². The van der Waals surface area contributed by atoms with E-state index in [-0.39, 0.29) is 35.0 Å². The SMILES string of the molecule is COc1ccc(Cl)c(C(=O)C2C(=O)CCCC2=O)c1. The second-order valence-corrected chi connectivity index (χ2v) is 4.84. The number of rotatable bonds is 3. The highest BCUT2D eigenvalue weighted by atomic mass is 35.5. The number of ether oxygens (including phenoxy) is 1. The molecule has 19 heavy (non-hydrogen) atoms. The van der Waals surface area contributed by atoms with Crippen LogP contribution in [0, 0.1) is 5.92 Å². The number of Topliss-reactive ketones (excluding diaryl/α,β-unsaturated/α-hetero) is 3. The summed E-state index contributed by atoms with van der Waals surface area (Å²) in [5.41, 5.74) is 0.162. The molecule has 0 N–H and O–H groups in total. The van der Waals surface area contributed by atoms with Crippen molar-refractivity contribution in [2.45, 2.75) is 19.3 Å². The van der Waals surface area contributed by atoms with Crippen LogP contribution >= 0.6 is 11.6 Å². The van der Waals surface area contributed by atoms with E-state index in [4.69, 9.17) is 16.3 Å². The zero-order valence-electron chi connectivity index (χ0n) is 10.4. The van der Waals surface area contributed by atoms with Gasteiger partial charge in [-0.3, -0.25) is 14.4 Å². The molecular weight excluding hydrogens is 268 g/mol. The van der Waals surface area contributed by atoms with Crippen LogP contribution in [0.2, 0.25) is 5.02 Å². The Morgan fingerprint density at radius 2 is 1.89 bits per heavy atom. The first-order chi connectivity index (χ1) is 9.04. The van der Waals surface area contributed by atoms with Crippen LogP contribution in [-0.4, -0.2) is 24.5 Å². The maximum Gasteiger partial charge on any atom is 0.182 e. The summed E-state index contributed by atoms with van der Waals surface area (Å²) in [6.45, 7) is 0. The van der Waals surface area contributed by atoms with Crippen molar-refractivity contribution in [3.8, 4) is 5.75 Å². The Labute approximate surface area is 115 Å². The van der Waals surface area contributed by atoms with Gasteiger partial charge in [0, 0.05) is 18.4 Å². The number of ketones is 3. The predicted molar refractivity (Wildman–Crippen MR) is 69.7 cm³/mol. The third-order valence-corrected chi connectivity index (χ3v) is 3.52. The van der Waals surface area contributed by atoms with Crippen LogP contribution in [0.25, 0.3) is 0 Å². The zero-order chi connectivity index (χ0) is 14.0. The minimum absolute atomic E-state index is 0.162. The molecule has 0 saturated heterocycles. The highest BCUT2D eigenvalue weighted by Gasteiger charge is 2.37. The number of hydrogen-bond donors (Lipinski definition) is 0. The lowest BCUT2D eigenvalue weighted by molar-refractivity contribution is -0.133. The van der Waals surface area contributed by atoms with Gasteiger partial charge in [0.2, 0.25) is 0 Å². The molecule has 1 aromatic rings. The lowest BCUT2D eigenvalue weighted by Crippen LogP contribution is -2.35. The highest BCUT2D eigenvalue weighted by Crippen LogP contribution is 2.28. The van der Waals surface area contributed by atoms with Crippen LogP contribution in [0.15, 0.2) is 18.2 Å². The first-order valence-corrected chi connectivity index (χ1v) is 6.35. The molecule has 0 amide bonds. The van der Waals surface area contributed by atoms with Crippen molar-refractivity contribution < 1.29 is 19.1 Å². The fourth-order valence-corrected chi connectivity index (χ4v) is 2.38. The van der Waals surface area contributed by atoms with Gasteiger partial charge in [0.15, 0.2) is 17.3 Å². The molecule has 1 aliphatic rings. The molecule has 0 aromatic heterocycles. The van der Waals surface area contributed by atoms with E-state index in [0.29, 0.717) is 12.2 Å². The molecule has 100 valence electrons. The van der Waals surface area contributed by atoms with Gasteiger partial charge in [-0.15, -0.1) is 0 Å². The van der Waals surface area contributed by atoms with E-state index in [1.165, 1.54) is 19.2 Å². The maximum atomic E-state index is 12.3. The van der Waals surface area contributed by atoms with Gasteiger partial charge >= 0.3 is 0 Å². The second kappa shape index (κ2) is 5.53. The van der Waals surface area contributed by atoms with Gasteiger partial charge in [-0.25, -0.2) is 0 Å². The summed E-state index contributed by atoms with van der Waals surface area (Å²) < 4.78 is 5.02. The molecule has 4 nitrogen and oxygen atoms in total. The smallest absolute Gasteiger partial charge is 0.182 e. The molecule has 1 aromatic carbocycles. The fourth-order valence-electron chi connectivity index (χ4n) is 2.17. The van der Waals surface area contributed by atoms with Crippen molar-refractivity contribution in [2.24, 2.45) is 5.92 Å². The number of methoxy groups -OCH3 is 1. The van der Waals surface area contributed by atoms with E-state index in [1.807, 2.05) is 0 Å². The summed E-state index contributed by atoms with van der Waals surface area (Å²) in [6.07, 6.45) is 1.06. The van der Waals surface area contributed by atoms with Crippen molar-refractivity contribution >= 4 is 29.0 Å². The Balaban J connectivity index is 2.38. The van der Waals surface area contributed by atoms with Crippen molar-refractivity contribution in [3.63, 3.8) is 0 Å². The molecule has 1 fully saturated rings. The van der Waals surface area contributed by atoms with E-state index in [9.17, 15) is 14.4 Å². The average molecular weight is 281 g/mol. The van der Waals surface area contributed by atoms with E-state index in [1.54, 1.807) is 6.07 Å². The largest absolute Gasteiger partial charge is 0.497 e. The predicted octanol–water partition coefficient (Wildman–Crippen LogP) is 2.47. The third kappa shape index (κ3) is 2.68. The molecule has 0 bridgehead atoms. The minimum Gasteiger partial charge on any atom is -0.497 e. The molecule has 0 atom stereocenters. The molecule has 1 saturated carbocycles. The van der Waals surface area contributed by atoms with Crippen molar-refractivity contribution in [1.29, 1.82) is 0 Å². The molecular formula is C14H13ClO4. The summed E-state index contributed by atoms with van der Waals surface area (Å²) in [5, 5.41) is 0.219. The highest BCUT2D eigenvalue weighted by molar-refractivity contribution is 6.36. The van der Waals surface area contributed by atoms with Gasteiger partial charge in [0.05, 0.1) is 12.1 Å². The van der Waals surface area contributed by atoms with Crippen molar-refractivity contribution in [2.75, 3.05) is 7.11 Å².